The van der Waals surface area contributed by atoms with Gasteiger partial charge in [0.05, 0.1) is 42.9 Å². The summed E-state index contributed by atoms with van der Waals surface area (Å²) in [6.45, 7) is 4.49. The number of rotatable bonds is 8. The van der Waals surface area contributed by atoms with Gasteiger partial charge in [-0.3, -0.25) is 19.2 Å². The number of nitrogens with zero attached hydrogens (tertiary/aromatic N) is 3. The van der Waals surface area contributed by atoms with Crippen molar-refractivity contribution in [2.45, 2.75) is 51.0 Å². The molecule has 1 aromatic carbocycles. The first-order valence-electron chi connectivity index (χ1n) is 11.9. The monoisotopic (exact) mass is 494 g/mol. The van der Waals surface area contributed by atoms with E-state index in [2.05, 4.69) is 15.2 Å². The van der Waals surface area contributed by atoms with Gasteiger partial charge < -0.3 is 15.4 Å². The quantitative estimate of drug-likeness (QED) is 0.387. The average Bonchev–Trinajstić information content (AvgIpc) is 2.76. The van der Waals surface area contributed by atoms with E-state index in [0.717, 1.165) is 30.9 Å². The lowest BCUT2D eigenvalue weighted by Gasteiger charge is -2.43. The SMILES string of the molecule is Cc1c(B(O)O)ccc2c1C[C@@H](C)N(CC(F)(F)F)[C@@H]2c1ccc(NC2CN(CCCF)C2)cn1. The van der Waals surface area contributed by atoms with Crippen molar-refractivity contribution in [3.8, 4) is 0 Å². The Morgan fingerprint density at radius 1 is 1.17 bits per heavy atom. The Balaban J connectivity index is 1.59. The van der Waals surface area contributed by atoms with Crippen molar-refractivity contribution in [3.63, 3.8) is 0 Å². The number of anilines is 1. The Kier molecular flexibility index (Phi) is 7.70. The molecule has 2 atom stereocenters. The van der Waals surface area contributed by atoms with Gasteiger partial charge in [0, 0.05) is 25.7 Å². The minimum absolute atomic E-state index is 0.227. The minimum Gasteiger partial charge on any atom is -0.423 e. The van der Waals surface area contributed by atoms with Crippen LogP contribution in [0.3, 0.4) is 0 Å². The molecule has 0 bridgehead atoms. The summed E-state index contributed by atoms with van der Waals surface area (Å²) in [5, 5.41) is 22.8. The maximum Gasteiger partial charge on any atom is 0.488 e. The number of halogens is 4. The third-order valence-electron chi connectivity index (χ3n) is 7.01. The molecule has 2 aromatic rings. The predicted octanol–water partition coefficient (Wildman–Crippen LogP) is 2.42. The van der Waals surface area contributed by atoms with Gasteiger partial charge in [0.1, 0.15) is 0 Å². The van der Waals surface area contributed by atoms with E-state index >= 15 is 0 Å². The Bertz CT molecular complexity index is 1020. The number of hydrogen-bond donors (Lipinski definition) is 3. The third-order valence-corrected chi connectivity index (χ3v) is 7.01. The van der Waals surface area contributed by atoms with Crippen molar-refractivity contribution in [1.82, 2.24) is 14.8 Å². The highest BCUT2D eigenvalue weighted by Crippen LogP contribution is 2.40. The zero-order valence-corrected chi connectivity index (χ0v) is 19.9. The first kappa shape index (κ1) is 25.9. The molecule has 11 heteroatoms. The van der Waals surface area contributed by atoms with Crippen LogP contribution in [0.25, 0.3) is 0 Å². The van der Waals surface area contributed by atoms with E-state index in [1.54, 1.807) is 38.2 Å². The summed E-state index contributed by atoms with van der Waals surface area (Å²) < 4.78 is 52.9. The summed E-state index contributed by atoms with van der Waals surface area (Å²) in [5.41, 5.74) is 3.85. The molecule has 0 saturated carbocycles. The van der Waals surface area contributed by atoms with E-state index in [4.69, 9.17) is 0 Å². The van der Waals surface area contributed by atoms with Gasteiger partial charge >= 0.3 is 13.3 Å². The van der Waals surface area contributed by atoms with Crippen molar-refractivity contribution in [1.29, 1.82) is 0 Å². The van der Waals surface area contributed by atoms with Crippen LogP contribution in [0.4, 0.5) is 23.2 Å². The van der Waals surface area contributed by atoms with Crippen molar-refractivity contribution in [3.05, 3.63) is 52.8 Å². The standard InChI is InChI=1S/C24H31BF4N4O2/c1-15-10-20-16(2)21(25(34)35)6-5-19(20)23(33(15)14-24(27,28)29)22-7-4-17(11-30-22)31-18-12-32(13-18)9-3-8-26/h4-7,11,15,18,23,31,34-35H,3,8-10,12-14H2,1-2H3/t15-,23+/m1/s1. The maximum absolute atomic E-state index is 13.5. The van der Waals surface area contributed by atoms with Crippen LogP contribution in [0, 0.1) is 6.92 Å². The summed E-state index contributed by atoms with van der Waals surface area (Å²) in [4.78, 5) is 8.13. The first-order chi connectivity index (χ1) is 16.6. The van der Waals surface area contributed by atoms with E-state index in [-0.39, 0.29) is 12.7 Å². The molecule has 1 aromatic heterocycles. The van der Waals surface area contributed by atoms with Gasteiger partial charge in [0.15, 0.2) is 0 Å². The number of nitrogens with one attached hydrogen (secondary N) is 1. The molecule has 0 aliphatic carbocycles. The molecule has 0 spiro atoms. The van der Waals surface area contributed by atoms with E-state index < -0.39 is 31.9 Å². The second-order valence-electron chi connectivity index (χ2n) is 9.58. The molecular formula is C24H31BF4N4O2. The molecule has 6 nitrogen and oxygen atoms in total. The zero-order valence-electron chi connectivity index (χ0n) is 19.9. The van der Waals surface area contributed by atoms with E-state index in [1.807, 2.05) is 6.07 Å². The molecule has 4 rings (SSSR count). The highest BCUT2D eigenvalue weighted by molar-refractivity contribution is 6.59. The van der Waals surface area contributed by atoms with Crippen LogP contribution in [-0.2, 0) is 6.42 Å². The van der Waals surface area contributed by atoms with E-state index in [1.165, 1.54) is 4.90 Å². The second-order valence-corrected chi connectivity index (χ2v) is 9.58. The number of alkyl halides is 4. The van der Waals surface area contributed by atoms with Crippen molar-refractivity contribution in [2.24, 2.45) is 0 Å². The number of benzene rings is 1. The Morgan fingerprint density at radius 2 is 1.91 bits per heavy atom. The summed E-state index contributed by atoms with van der Waals surface area (Å²) >= 11 is 0. The Labute approximate surface area is 203 Å². The molecule has 3 heterocycles. The van der Waals surface area contributed by atoms with Gasteiger partial charge in [-0.2, -0.15) is 13.2 Å². The molecule has 0 unspecified atom stereocenters. The molecule has 1 fully saturated rings. The Hall–Kier alpha value is -2.21. The van der Waals surface area contributed by atoms with Crippen LogP contribution in [0.1, 0.15) is 41.8 Å². The molecule has 35 heavy (non-hydrogen) atoms. The van der Waals surface area contributed by atoms with Gasteiger partial charge in [-0.15, -0.1) is 0 Å². The molecule has 0 amide bonds. The number of pyridine rings is 1. The Morgan fingerprint density at radius 3 is 2.51 bits per heavy atom. The summed E-state index contributed by atoms with van der Waals surface area (Å²) in [6.07, 6.45) is -1.84. The van der Waals surface area contributed by atoms with Gasteiger partial charge in [0.25, 0.3) is 0 Å². The van der Waals surface area contributed by atoms with E-state index in [0.29, 0.717) is 35.1 Å². The smallest absolute Gasteiger partial charge is 0.423 e. The maximum atomic E-state index is 13.5. The summed E-state index contributed by atoms with van der Waals surface area (Å²) in [7, 11) is -1.65. The van der Waals surface area contributed by atoms with Gasteiger partial charge in [-0.25, -0.2) is 0 Å². The third kappa shape index (κ3) is 5.79. The fraction of sp³-hybridized carbons (Fsp3) is 0.542. The fourth-order valence-electron chi connectivity index (χ4n) is 5.25. The van der Waals surface area contributed by atoms with Gasteiger partial charge in [-0.05, 0) is 61.0 Å². The fourth-order valence-corrected chi connectivity index (χ4v) is 5.25. The summed E-state index contributed by atoms with van der Waals surface area (Å²) in [5.74, 6) is 0. The lowest BCUT2D eigenvalue weighted by molar-refractivity contribution is -0.155. The molecule has 0 radical (unpaired) electrons. The van der Waals surface area contributed by atoms with Crippen LogP contribution in [-0.4, -0.2) is 83.1 Å². The topological polar surface area (TPSA) is 71.9 Å². The highest BCUT2D eigenvalue weighted by Gasteiger charge is 2.42. The minimum atomic E-state index is -4.37. The molecule has 3 N–H and O–H groups in total. The van der Waals surface area contributed by atoms with Crippen LogP contribution in [0.15, 0.2) is 30.5 Å². The molecule has 2 aliphatic rings. The van der Waals surface area contributed by atoms with Crippen molar-refractivity contribution >= 4 is 18.3 Å². The highest BCUT2D eigenvalue weighted by atomic mass is 19.4. The lowest BCUT2D eigenvalue weighted by atomic mass is 9.72. The normalized spacial score (nSPS) is 21.5. The molecule has 2 aliphatic heterocycles. The molecular weight excluding hydrogens is 463 g/mol. The number of likely N-dealkylation sites (tertiary alicyclic amines) is 1. The van der Waals surface area contributed by atoms with E-state index in [9.17, 15) is 27.6 Å². The van der Waals surface area contributed by atoms with Gasteiger partial charge in [0.2, 0.25) is 0 Å². The van der Waals surface area contributed by atoms with Crippen LogP contribution in [0.2, 0.25) is 0 Å². The van der Waals surface area contributed by atoms with Crippen molar-refractivity contribution < 1.29 is 27.6 Å². The van der Waals surface area contributed by atoms with Crippen LogP contribution in [0.5, 0.6) is 0 Å². The van der Waals surface area contributed by atoms with Gasteiger partial charge in [-0.1, -0.05) is 12.1 Å². The number of aromatic nitrogens is 1. The largest absolute Gasteiger partial charge is 0.488 e. The van der Waals surface area contributed by atoms with Crippen LogP contribution < -0.4 is 10.8 Å². The second kappa shape index (κ2) is 10.4. The first-order valence-corrected chi connectivity index (χ1v) is 11.9. The zero-order chi connectivity index (χ0) is 25.3. The van der Waals surface area contributed by atoms with Crippen LogP contribution >= 0.6 is 0 Å². The summed E-state index contributed by atoms with van der Waals surface area (Å²) in [6, 6.07) is 5.92. The lowest BCUT2D eigenvalue weighted by Crippen LogP contribution is -2.54. The molecule has 1 saturated heterocycles. The number of hydrogen-bond acceptors (Lipinski definition) is 6. The van der Waals surface area contributed by atoms with Crippen molar-refractivity contribution in [2.75, 3.05) is 38.2 Å². The average molecular weight is 494 g/mol. The predicted molar refractivity (Wildman–Crippen MR) is 127 cm³/mol. The molecule has 190 valence electrons. The number of fused-ring (bicyclic) bond motifs is 1.